The monoisotopic (exact) mass is 259 g/mol. The molecule has 1 amide bonds. The minimum atomic E-state index is -1.61. The first kappa shape index (κ1) is 12.5. The van der Waals surface area contributed by atoms with Crippen molar-refractivity contribution < 1.29 is 24.5 Å². The van der Waals surface area contributed by atoms with Crippen molar-refractivity contribution in [3.8, 4) is 0 Å². The van der Waals surface area contributed by atoms with Gasteiger partial charge in [0.25, 0.3) is 0 Å². The fourth-order valence-electron chi connectivity index (χ4n) is 1.51. The third-order valence-electron chi connectivity index (χ3n) is 2.43. The number of thiophene rings is 1. The van der Waals surface area contributed by atoms with E-state index in [1.807, 2.05) is 0 Å². The van der Waals surface area contributed by atoms with Crippen LogP contribution in [0.4, 0.5) is 0 Å². The van der Waals surface area contributed by atoms with Crippen molar-refractivity contribution in [2.75, 3.05) is 13.2 Å². The molecule has 0 saturated carbocycles. The van der Waals surface area contributed by atoms with E-state index in [1.165, 1.54) is 11.3 Å². The van der Waals surface area contributed by atoms with Crippen molar-refractivity contribution in [3.05, 3.63) is 21.9 Å². The molecular formula is C10H13NO5S. The normalized spacial score (nSPS) is 20.4. The molecule has 1 aliphatic rings. The number of carbonyl (C=O) groups is 1. The molecular weight excluding hydrogens is 246 g/mol. The Morgan fingerprint density at radius 2 is 2.12 bits per heavy atom. The van der Waals surface area contributed by atoms with Gasteiger partial charge in [-0.05, 0) is 17.0 Å². The quantitative estimate of drug-likeness (QED) is 0.687. The largest absolute Gasteiger partial charge is 0.385 e. The molecule has 2 heterocycles. The topological polar surface area (TPSA) is 102 Å². The summed E-state index contributed by atoms with van der Waals surface area (Å²) in [7, 11) is 0. The predicted molar refractivity (Wildman–Crippen MR) is 59.1 cm³/mol. The van der Waals surface area contributed by atoms with Crippen molar-refractivity contribution in [1.29, 1.82) is 0 Å². The van der Waals surface area contributed by atoms with E-state index in [0.29, 0.717) is 18.8 Å². The van der Waals surface area contributed by atoms with Crippen LogP contribution in [0, 0.1) is 0 Å². The molecule has 0 bridgehead atoms. The average molecular weight is 259 g/mol. The SMILES string of the molecule is NC(=O)C(O)C(O)c1csc(C2OCCO2)c1. The highest BCUT2D eigenvalue weighted by Crippen LogP contribution is 2.31. The van der Waals surface area contributed by atoms with Crippen LogP contribution in [0.25, 0.3) is 0 Å². The number of ether oxygens (including phenoxy) is 2. The van der Waals surface area contributed by atoms with Gasteiger partial charge in [0.05, 0.1) is 18.1 Å². The second-order valence-corrected chi connectivity index (χ2v) is 4.59. The summed E-state index contributed by atoms with van der Waals surface area (Å²) in [6, 6.07) is 1.64. The van der Waals surface area contributed by atoms with Gasteiger partial charge in [0.15, 0.2) is 12.4 Å². The van der Waals surface area contributed by atoms with Crippen LogP contribution in [0.15, 0.2) is 11.4 Å². The van der Waals surface area contributed by atoms with Gasteiger partial charge in [-0.15, -0.1) is 11.3 Å². The summed E-state index contributed by atoms with van der Waals surface area (Å²) < 4.78 is 10.6. The Hall–Kier alpha value is -0.990. The number of rotatable bonds is 4. The molecule has 0 aliphatic carbocycles. The number of hydrogen-bond acceptors (Lipinski definition) is 6. The highest BCUT2D eigenvalue weighted by Gasteiger charge is 2.26. The molecule has 2 unspecified atom stereocenters. The molecule has 0 radical (unpaired) electrons. The Balaban J connectivity index is 2.09. The zero-order chi connectivity index (χ0) is 12.4. The molecule has 17 heavy (non-hydrogen) atoms. The minimum Gasteiger partial charge on any atom is -0.385 e. The molecule has 1 fully saturated rings. The van der Waals surface area contributed by atoms with Crippen molar-refractivity contribution in [3.63, 3.8) is 0 Å². The number of aliphatic hydroxyl groups is 2. The van der Waals surface area contributed by atoms with Crippen LogP contribution in [-0.2, 0) is 14.3 Å². The first-order chi connectivity index (χ1) is 8.09. The lowest BCUT2D eigenvalue weighted by molar-refractivity contribution is -0.131. The summed E-state index contributed by atoms with van der Waals surface area (Å²) in [5.74, 6) is -0.960. The van der Waals surface area contributed by atoms with Crippen LogP contribution in [-0.4, -0.2) is 35.4 Å². The van der Waals surface area contributed by atoms with E-state index < -0.39 is 24.4 Å². The summed E-state index contributed by atoms with van der Waals surface area (Å²) in [4.78, 5) is 11.5. The molecule has 6 nitrogen and oxygen atoms in total. The second-order valence-electron chi connectivity index (χ2n) is 3.65. The summed E-state index contributed by atoms with van der Waals surface area (Å²) in [6.07, 6.45) is -3.35. The first-order valence-electron chi connectivity index (χ1n) is 5.06. The molecule has 1 saturated heterocycles. The van der Waals surface area contributed by atoms with Crippen molar-refractivity contribution in [2.24, 2.45) is 5.73 Å². The zero-order valence-corrected chi connectivity index (χ0v) is 9.72. The van der Waals surface area contributed by atoms with E-state index in [9.17, 15) is 15.0 Å². The van der Waals surface area contributed by atoms with Gasteiger partial charge in [-0.25, -0.2) is 0 Å². The van der Waals surface area contributed by atoms with Crippen LogP contribution in [0.3, 0.4) is 0 Å². The average Bonchev–Trinajstić information content (AvgIpc) is 2.96. The van der Waals surface area contributed by atoms with E-state index >= 15 is 0 Å². The maximum absolute atomic E-state index is 10.7. The lowest BCUT2D eigenvalue weighted by atomic mass is 10.1. The fourth-order valence-corrected chi connectivity index (χ4v) is 2.44. The van der Waals surface area contributed by atoms with E-state index in [2.05, 4.69) is 0 Å². The Labute approximate surface area is 102 Å². The van der Waals surface area contributed by atoms with E-state index in [-0.39, 0.29) is 0 Å². The van der Waals surface area contributed by atoms with Gasteiger partial charge >= 0.3 is 0 Å². The Bertz CT molecular complexity index is 401. The first-order valence-corrected chi connectivity index (χ1v) is 5.94. The Morgan fingerprint density at radius 3 is 2.71 bits per heavy atom. The Kier molecular flexibility index (Phi) is 3.75. The highest BCUT2D eigenvalue weighted by atomic mass is 32.1. The number of amides is 1. The number of carbonyl (C=O) groups excluding carboxylic acids is 1. The van der Waals surface area contributed by atoms with Gasteiger partial charge < -0.3 is 25.4 Å². The summed E-state index contributed by atoms with van der Waals surface area (Å²) in [6.45, 7) is 1.06. The van der Waals surface area contributed by atoms with E-state index in [4.69, 9.17) is 15.2 Å². The predicted octanol–water partition coefficient (Wildman–Crippen LogP) is -0.327. The lowest BCUT2D eigenvalue weighted by Gasteiger charge is -2.13. The van der Waals surface area contributed by atoms with Crippen LogP contribution in [0.1, 0.15) is 22.8 Å². The van der Waals surface area contributed by atoms with Crippen LogP contribution >= 0.6 is 11.3 Å². The standard InChI is InChI=1S/C10H13NO5S/c11-9(14)8(13)7(12)5-3-6(17-4-5)10-15-1-2-16-10/h3-4,7-8,10,12-13H,1-2H2,(H2,11,14). The van der Waals surface area contributed by atoms with Crippen molar-refractivity contribution >= 4 is 17.2 Å². The smallest absolute Gasteiger partial charge is 0.249 e. The fraction of sp³-hybridized carbons (Fsp3) is 0.500. The van der Waals surface area contributed by atoms with Gasteiger partial charge in [0.2, 0.25) is 5.91 Å². The molecule has 2 rings (SSSR count). The third kappa shape index (κ3) is 2.64. The van der Waals surface area contributed by atoms with Crippen LogP contribution in [0.5, 0.6) is 0 Å². The zero-order valence-electron chi connectivity index (χ0n) is 8.91. The van der Waals surface area contributed by atoms with E-state index in [1.54, 1.807) is 11.4 Å². The molecule has 2 atom stereocenters. The van der Waals surface area contributed by atoms with Crippen molar-refractivity contribution in [2.45, 2.75) is 18.5 Å². The summed E-state index contributed by atoms with van der Waals surface area (Å²) in [5, 5.41) is 20.7. The minimum absolute atomic E-state index is 0.424. The van der Waals surface area contributed by atoms with Crippen molar-refractivity contribution in [1.82, 2.24) is 0 Å². The summed E-state index contributed by atoms with van der Waals surface area (Å²) >= 11 is 1.33. The lowest BCUT2D eigenvalue weighted by Crippen LogP contribution is -2.33. The second kappa shape index (κ2) is 5.11. The van der Waals surface area contributed by atoms with Gasteiger partial charge in [-0.3, -0.25) is 4.79 Å². The molecule has 7 heteroatoms. The number of nitrogens with two attached hydrogens (primary N) is 1. The van der Waals surface area contributed by atoms with E-state index in [0.717, 1.165) is 4.88 Å². The molecule has 1 aromatic rings. The number of primary amides is 1. The molecule has 94 valence electrons. The third-order valence-corrected chi connectivity index (χ3v) is 3.40. The maximum atomic E-state index is 10.7. The summed E-state index contributed by atoms with van der Waals surface area (Å²) in [5.41, 5.74) is 5.33. The van der Waals surface area contributed by atoms with Gasteiger partial charge in [-0.1, -0.05) is 0 Å². The van der Waals surface area contributed by atoms with Crippen LogP contribution < -0.4 is 5.73 Å². The van der Waals surface area contributed by atoms with Gasteiger partial charge in [0, 0.05) is 0 Å². The van der Waals surface area contributed by atoms with Gasteiger partial charge in [-0.2, -0.15) is 0 Å². The molecule has 1 aromatic heterocycles. The highest BCUT2D eigenvalue weighted by molar-refractivity contribution is 7.10. The number of aliphatic hydroxyl groups excluding tert-OH is 2. The molecule has 0 spiro atoms. The van der Waals surface area contributed by atoms with Crippen LogP contribution in [0.2, 0.25) is 0 Å². The molecule has 4 N–H and O–H groups in total. The maximum Gasteiger partial charge on any atom is 0.249 e. The molecule has 1 aliphatic heterocycles. The molecule has 0 aromatic carbocycles. The van der Waals surface area contributed by atoms with Gasteiger partial charge in [0.1, 0.15) is 6.10 Å². The Morgan fingerprint density at radius 1 is 1.47 bits per heavy atom. The number of hydrogen-bond donors (Lipinski definition) is 3.